The minimum Gasteiger partial charge on any atom is -0.480 e. The highest BCUT2D eigenvalue weighted by atomic mass is 32.2. The number of benzene rings is 1. The molecule has 1 aliphatic rings. The summed E-state index contributed by atoms with van der Waals surface area (Å²) in [6, 6.07) is 4.58. The van der Waals surface area contributed by atoms with Crippen molar-refractivity contribution < 1.29 is 29.0 Å². The minimum absolute atomic E-state index is 0.165. The number of aliphatic carboxylic acids is 1. The molecular formula is C26H39N3O6S. The summed E-state index contributed by atoms with van der Waals surface area (Å²) in [4.78, 5) is 53.1. The fraction of sp³-hybridized carbons (Fsp3) is 0.615. The van der Waals surface area contributed by atoms with E-state index in [0.717, 1.165) is 11.1 Å². The van der Waals surface area contributed by atoms with E-state index in [-0.39, 0.29) is 19.4 Å². The zero-order chi connectivity index (χ0) is 27.3. The average Bonchev–Trinajstić information content (AvgIpc) is 2.76. The Morgan fingerprint density at radius 1 is 1.08 bits per heavy atom. The summed E-state index contributed by atoms with van der Waals surface area (Å²) < 4.78 is 5.38. The van der Waals surface area contributed by atoms with Crippen molar-refractivity contribution in [2.75, 3.05) is 12.0 Å². The molecule has 3 atom stereocenters. The molecule has 0 saturated heterocycles. The van der Waals surface area contributed by atoms with Gasteiger partial charge in [0.1, 0.15) is 23.7 Å². The van der Waals surface area contributed by atoms with Gasteiger partial charge in [-0.1, -0.05) is 45.0 Å². The number of thioether (sulfide) groups is 1. The van der Waals surface area contributed by atoms with Crippen LogP contribution in [0.3, 0.4) is 0 Å². The van der Waals surface area contributed by atoms with Crippen LogP contribution in [0.4, 0.5) is 4.79 Å². The molecule has 2 rings (SSSR count). The number of hydrogen-bond donors (Lipinski definition) is 3. The summed E-state index contributed by atoms with van der Waals surface area (Å²) in [5.41, 5.74) is 0.389. The van der Waals surface area contributed by atoms with Gasteiger partial charge in [-0.05, 0) is 55.7 Å². The monoisotopic (exact) mass is 521 g/mol. The van der Waals surface area contributed by atoms with Crippen LogP contribution < -0.4 is 10.6 Å². The first-order valence-electron chi connectivity index (χ1n) is 12.0. The predicted octanol–water partition coefficient (Wildman–Crippen LogP) is 3.20. The molecule has 0 fully saturated rings. The summed E-state index contributed by atoms with van der Waals surface area (Å²) in [6.45, 7) is 10.8. The summed E-state index contributed by atoms with van der Waals surface area (Å²) >= 11 is 1.49. The normalized spacial score (nSPS) is 17.4. The lowest BCUT2D eigenvalue weighted by atomic mass is 9.84. The van der Waals surface area contributed by atoms with Crippen LogP contribution in [0, 0.1) is 5.41 Å². The van der Waals surface area contributed by atoms with Crippen LogP contribution in [0.2, 0.25) is 0 Å². The molecule has 0 radical (unpaired) electrons. The smallest absolute Gasteiger partial charge is 0.408 e. The van der Waals surface area contributed by atoms with Crippen molar-refractivity contribution in [2.24, 2.45) is 5.41 Å². The van der Waals surface area contributed by atoms with E-state index in [1.54, 1.807) is 20.8 Å². The van der Waals surface area contributed by atoms with E-state index in [1.165, 1.54) is 16.7 Å². The van der Waals surface area contributed by atoms with Crippen LogP contribution in [0.15, 0.2) is 24.3 Å². The van der Waals surface area contributed by atoms with Crippen LogP contribution >= 0.6 is 11.8 Å². The highest BCUT2D eigenvalue weighted by Gasteiger charge is 2.43. The average molecular weight is 522 g/mol. The fourth-order valence-electron chi connectivity index (χ4n) is 3.99. The third-order valence-corrected chi connectivity index (χ3v) is 6.48. The Morgan fingerprint density at radius 3 is 2.22 bits per heavy atom. The number of carboxylic acids is 1. The number of hydrogen-bond acceptors (Lipinski definition) is 6. The van der Waals surface area contributed by atoms with Gasteiger partial charge in [0.15, 0.2) is 0 Å². The Bertz CT molecular complexity index is 969. The molecule has 10 heteroatoms. The molecule has 0 saturated carbocycles. The van der Waals surface area contributed by atoms with Crippen molar-refractivity contribution in [1.82, 2.24) is 15.5 Å². The summed E-state index contributed by atoms with van der Waals surface area (Å²) in [5, 5.41) is 14.9. The van der Waals surface area contributed by atoms with E-state index in [0.29, 0.717) is 5.75 Å². The van der Waals surface area contributed by atoms with E-state index in [1.807, 2.05) is 51.3 Å². The number of carbonyl (C=O) groups excluding carboxylic acids is 3. The molecule has 1 aromatic rings. The molecule has 0 aromatic heterocycles. The molecule has 0 aliphatic carbocycles. The van der Waals surface area contributed by atoms with Gasteiger partial charge >= 0.3 is 12.1 Å². The highest BCUT2D eigenvalue weighted by molar-refractivity contribution is 7.98. The maximum absolute atomic E-state index is 13.9. The van der Waals surface area contributed by atoms with Gasteiger partial charge in [-0.15, -0.1) is 0 Å². The molecule has 9 nitrogen and oxygen atoms in total. The number of rotatable bonds is 8. The molecule has 200 valence electrons. The maximum Gasteiger partial charge on any atom is 0.408 e. The van der Waals surface area contributed by atoms with Gasteiger partial charge in [-0.3, -0.25) is 9.59 Å². The second-order valence-corrected chi connectivity index (χ2v) is 12.1. The molecule has 3 amide bonds. The zero-order valence-electron chi connectivity index (χ0n) is 22.2. The number of fused-ring (bicyclic) bond motifs is 1. The molecule has 1 aliphatic heterocycles. The third kappa shape index (κ3) is 8.15. The first kappa shape index (κ1) is 29.5. The van der Waals surface area contributed by atoms with Gasteiger partial charge in [-0.2, -0.15) is 11.8 Å². The van der Waals surface area contributed by atoms with E-state index in [2.05, 4.69) is 10.6 Å². The topological polar surface area (TPSA) is 125 Å². The molecule has 1 aromatic carbocycles. The second kappa shape index (κ2) is 12.0. The van der Waals surface area contributed by atoms with Crippen LogP contribution in [-0.4, -0.2) is 69.6 Å². The van der Waals surface area contributed by atoms with Crippen molar-refractivity contribution in [3.8, 4) is 0 Å². The molecule has 0 bridgehead atoms. The lowest BCUT2D eigenvalue weighted by Crippen LogP contribution is -2.61. The lowest BCUT2D eigenvalue weighted by Gasteiger charge is -2.41. The number of carbonyl (C=O) groups is 4. The molecule has 0 unspecified atom stereocenters. The van der Waals surface area contributed by atoms with E-state index in [4.69, 9.17) is 4.74 Å². The van der Waals surface area contributed by atoms with Gasteiger partial charge < -0.3 is 25.4 Å². The van der Waals surface area contributed by atoms with Gasteiger partial charge in [0.25, 0.3) is 0 Å². The number of ether oxygens (including phenoxy) is 1. The Balaban J connectivity index is 2.38. The van der Waals surface area contributed by atoms with Crippen LogP contribution in [-0.2, 0) is 32.1 Å². The predicted molar refractivity (Wildman–Crippen MR) is 140 cm³/mol. The fourth-order valence-corrected chi connectivity index (χ4v) is 4.46. The van der Waals surface area contributed by atoms with Crippen molar-refractivity contribution >= 4 is 35.6 Å². The van der Waals surface area contributed by atoms with Crippen molar-refractivity contribution in [2.45, 2.75) is 84.7 Å². The Kier molecular flexibility index (Phi) is 9.82. The number of nitrogens with one attached hydrogen (secondary N) is 2. The second-order valence-electron chi connectivity index (χ2n) is 11.1. The summed E-state index contributed by atoms with van der Waals surface area (Å²) in [6.07, 6.45) is 1.65. The number of amides is 3. The molecule has 1 heterocycles. The van der Waals surface area contributed by atoms with E-state index < -0.39 is 53.0 Å². The van der Waals surface area contributed by atoms with Crippen molar-refractivity contribution in [3.05, 3.63) is 35.4 Å². The molecular weight excluding hydrogens is 482 g/mol. The minimum atomic E-state index is -1.12. The van der Waals surface area contributed by atoms with Crippen LogP contribution in [0.1, 0.15) is 59.1 Å². The Morgan fingerprint density at radius 2 is 1.69 bits per heavy atom. The number of alkyl carbamates (subject to hydrolysis) is 1. The number of nitrogens with zero attached hydrogens (tertiary/aromatic N) is 1. The first-order chi connectivity index (χ1) is 16.6. The van der Waals surface area contributed by atoms with Gasteiger partial charge in [0.2, 0.25) is 11.8 Å². The number of carboxylic acid groups (broad SMARTS) is 1. The van der Waals surface area contributed by atoms with Crippen LogP contribution in [0.5, 0.6) is 0 Å². The quantitative estimate of drug-likeness (QED) is 0.480. The maximum atomic E-state index is 13.9. The lowest BCUT2D eigenvalue weighted by molar-refractivity contribution is -0.147. The van der Waals surface area contributed by atoms with Crippen molar-refractivity contribution in [1.29, 1.82) is 0 Å². The Labute approximate surface area is 217 Å². The SMILES string of the molecule is CSCC[C@H](NC(=O)[C@H]1Cc2ccccc2CN1C(=O)[C@@H](NC(=O)OC(C)(C)C)C(C)(C)C)C(=O)O. The molecule has 36 heavy (non-hydrogen) atoms. The summed E-state index contributed by atoms with van der Waals surface area (Å²) in [7, 11) is 0. The third-order valence-electron chi connectivity index (χ3n) is 5.83. The van der Waals surface area contributed by atoms with E-state index >= 15 is 0 Å². The van der Waals surface area contributed by atoms with Gasteiger partial charge in [0, 0.05) is 13.0 Å². The first-order valence-corrected chi connectivity index (χ1v) is 13.4. The Hall–Kier alpha value is -2.75. The highest BCUT2D eigenvalue weighted by Crippen LogP contribution is 2.28. The standard InChI is InChI=1S/C26H39N3O6S/c1-25(2,3)20(28-24(34)35-26(4,5)6)22(31)29-15-17-11-9-8-10-16(17)14-19(29)21(30)27-18(23(32)33)12-13-36-7/h8-11,18-20H,12-15H2,1-7H3,(H,27,30)(H,28,34)(H,32,33)/t18-,19+,20+/m0/s1. The largest absolute Gasteiger partial charge is 0.480 e. The molecule has 3 N–H and O–H groups in total. The van der Waals surface area contributed by atoms with E-state index in [9.17, 15) is 24.3 Å². The summed E-state index contributed by atoms with van der Waals surface area (Å²) in [5.74, 6) is -1.51. The van der Waals surface area contributed by atoms with Crippen LogP contribution in [0.25, 0.3) is 0 Å². The van der Waals surface area contributed by atoms with Gasteiger partial charge in [-0.25, -0.2) is 9.59 Å². The van der Waals surface area contributed by atoms with Crippen molar-refractivity contribution in [3.63, 3.8) is 0 Å². The zero-order valence-corrected chi connectivity index (χ0v) is 23.0. The van der Waals surface area contributed by atoms with Gasteiger partial charge in [0.05, 0.1) is 0 Å². The molecule has 0 spiro atoms.